The van der Waals surface area contributed by atoms with Crippen LogP contribution >= 0.6 is 0 Å². The zero-order valence-corrected chi connectivity index (χ0v) is 16.5. The summed E-state index contributed by atoms with van der Waals surface area (Å²) in [5, 5.41) is 0. The van der Waals surface area contributed by atoms with Crippen LogP contribution in [0.1, 0.15) is 30.9 Å². The van der Waals surface area contributed by atoms with Gasteiger partial charge in [-0.15, -0.1) is 0 Å². The Balaban J connectivity index is 1.92. The Bertz CT molecular complexity index is 790. The molecule has 0 heterocycles. The van der Waals surface area contributed by atoms with Crippen LogP contribution in [0.3, 0.4) is 0 Å². The van der Waals surface area contributed by atoms with E-state index in [1.54, 1.807) is 14.2 Å². The monoisotopic (exact) mass is 361 g/mol. The first-order chi connectivity index (χ1) is 13.1. The Morgan fingerprint density at radius 2 is 1.11 bits per heavy atom. The van der Waals surface area contributed by atoms with Crippen molar-refractivity contribution in [3.8, 4) is 11.5 Å². The zero-order chi connectivity index (χ0) is 19.2. The Morgan fingerprint density at radius 3 is 1.48 bits per heavy atom. The third kappa shape index (κ3) is 4.62. The van der Waals surface area contributed by atoms with Crippen molar-refractivity contribution in [2.24, 2.45) is 0 Å². The first-order valence-corrected chi connectivity index (χ1v) is 9.25. The van der Waals surface area contributed by atoms with Crippen LogP contribution in [-0.4, -0.2) is 14.2 Å². The summed E-state index contributed by atoms with van der Waals surface area (Å²) in [4.78, 5) is 2.29. The molecule has 0 aromatic heterocycles. The Morgan fingerprint density at radius 1 is 0.667 bits per heavy atom. The summed E-state index contributed by atoms with van der Waals surface area (Å²) in [6.07, 6.45) is 0. The van der Waals surface area contributed by atoms with Crippen LogP contribution in [0.5, 0.6) is 11.5 Å². The minimum absolute atomic E-state index is 0.540. The molecule has 0 N–H and O–H groups in total. The van der Waals surface area contributed by atoms with Crippen molar-refractivity contribution in [3.05, 3.63) is 83.9 Å². The summed E-state index contributed by atoms with van der Waals surface area (Å²) in [6.45, 7) is 5.23. The first kappa shape index (κ1) is 18.8. The lowest BCUT2D eigenvalue weighted by atomic mass is 10.0. The molecule has 0 amide bonds. The molecule has 3 nitrogen and oxygen atoms in total. The molecule has 0 aliphatic heterocycles. The maximum absolute atomic E-state index is 5.30. The second kappa shape index (κ2) is 8.63. The second-order valence-corrected chi connectivity index (χ2v) is 6.88. The highest BCUT2D eigenvalue weighted by molar-refractivity contribution is 5.64. The average molecular weight is 361 g/mol. The molecule has 0 radical (unpaired) electrons. The smallest absolute Gasteiger partial charge is 0.119 e. The number of hydrogen-bond acceptors (Lipinski definition) is 3. The highest BCUT2D eigenvalue weighted by Gasteiger charge is 2.11. The molecule has 0 aliphatic rings. The molecule has 0 saturated carbocycles. The average Bonchev–Trinajstić information content (AvgIpc) is 2.72. The van der Waals surface area contributed by atoms with Gasteiger partial charge in [0.05, 0.1) is 14.2 Å². The number of rotatable bonds is 7. The van der Waals surface area contributed by atoms with Crippen molar-refractivity contribution in [2.75, 3.05) is 19.1 Å². The van der Waals surface area contributed by atoms with Crippen LogP contribution in [0.15, 0.2) is 72.8 Å². The topological polar surface area (TPSA) is 21.7 Å². The molecule has 0 aliphatic carbocycles. The van der Waals surface area contributed by atoms with E-state index >= 15 is 0 Å². The van der Waals surface area contributed by atoms with E-state index in [0.29, 0.717) is 5.92 Å². The fourth-order valence-electron chi connectivity index (χ4n) is 3.05. The van der Waals surface area contributed by atoms with Crippen molar-refractivity contribution in [1.82, 2.24) is 0 Å². The molecule has 3 aromatic carbocycles. The van der Waals surface area contributed by atoms with E-state index in [1.807, 2.05) is 24.3 Å². The van der Waals surface area contributed by atoms with Crippen molar-refractivity contribution < 1.29 is 9.47 Å². The lowest BCUT2D eigenvalue weighted by molar-refractivity contribution is 0.415. The minimum Gasteiger partial charge on any atom is -0.497 e. The largest absolute Gasteiger partial charge is 0.497 e. The molecule has 3 rings (SSSR count). The summed E-state index contributed by atoms with van der Waals surface area (Å²) in [5.41, 5.74) is 4.87. The molecule has 0 bridgehead atoms. The predicted octanol–water partition coefficient (Wildman–Crippen LogP) is 6.17. The van der Waals surface area contributed by atoms with Crippen LogP contribution in [0.2, 0.25) is 0 Å². The van der Waals surface area contributed by atoms with Gasteiger partial charge in [-0.25, -0.2) is 0 Å². The fourth-order valence-corrected chi connectivity index (χ4v) is 3.05. The van der Waals surface area contributed by atoms with E-state index in [-0.39, 0.29) is 0 Å². The minimum atomic E-state index is 0.540. The van der Waals surface area contributed by atoms with Gasteiger partial charge in [0, 0.05) is 17.9 Å². The van der Waals surface area contributed by atoms with Crippen molar-refractivity contribution >= 4 is 11.4 Å². The van der Waals surface area contributed by atoms with Gasteiger partial charge in [0.2, 0.25) is 0 Å². The summed E-state index contributed by atoms with van der Waals surface area (Å²) >= 11 is 0. The molecule has 140 valence electrons. The van der Waals surface area contributed by atoms with Gasteiger partial charge >= 0.3 is 0 Å². The molecular formula is C24H27NO2. The van der Waals surface area contributed by atoms with Gasteiger partial charge in [-0.3, -0.25) is 0 Å². The molecule has 3 heteroatoms. The van der Waals surface area contributed by atoms with E-state index in [0.717, 1.165) is 29.4 Å². The van der Waals surface area contributed by atoms with E-state index in [9.17, 15) is 0 Å². The molecule has 3 aromatic rings. The molecule has 0 unspecified atom stereocenters. The van der Waals surface area contributed by atoms with Crippen LogP contribution in [0, 0.1) is 0 Å². The van der Waals surface area contributed by atoms with E-state index in [2.05, 4.69) is 67.3 Å². The lowest BCUT2D eigenvalue weighted by Crippen LogP contribution is -2.16. The SMILES string of the molecule is COc1ccc(N(Cc2ccc(C(C)C)cc2)c2ccc(OC)cc2)cc1. The summed E-state index contributed by atoms with van der Waals surface area (Å²) < 4.78 is 10.6. The summed E-state index contributed by atoms with van der Waals surface area (Å²) in [6, 6.07) is 25.2. The maximum atomic E-state index is 5.30. The van der Waals surface area contributed by atoms with Gasteiger partial charge in [0.1, 0.15) is 11.5 Å². The molecule has 0 atom stereocenters. The zero-order valence-electron chi connectivity index (χ0n) is 16.5. The normalized spacial score (nSPS) is 10.7. The van der Waals surface area contributed by atoms with Crippen molar-refractivity contribution in [2.45, 2.75) is 26.3 Å². The highest BCUT2D eigenvalue weighted by atomic mass is 16.5. The van der Waals surface area contributed by atoms with Crippen LogP contribution < -0.4 is 14.4 Å². The highest BCUT2D eigenvalue weighted by Crippen LogP contribution is 2.30. The number of anilines is 2. The second-order valence-electron chi connectivity index (χ2n) is 6.88. The number of methoxy groups -OCH3 is 2. The standard InChI is InChI=1S/C24H27NO2/c1-18(2)20-7-5-19(6-8-20)17-25(21-9-13-23(26-3)14-10-21)22-11-15-24(27-4)16-12-22/h5-16,18H,17H2,1-4H3. The summed E-state index contributed by atoms with van der Waals surface area (Å²) in [7, 11) is 3.37. The lowest BCUT2D eigenvalue weighted by Gasteiger charge is -2.26. The summed E-state index contributed by atoms with van der Waals surface area (Å²) in [5.74, 6) is 2.25. The molecule has 27 heavy (non-hydrogen) atoms. The predicted molar refractivity (Wildman–Crippen MR) is 112 cm³/mol. The van der Waals surface area contributed by atoms with E-state index in [1.165, 1.54) is 11.1 Å². The van der Waals surface area contributed by atoms with Gasteiger partial charge in [0.25, 0.3) is 0 Å². The number of hydrogen-bond donors (Lipinski definition) is 0. The van der Waals surface area contributed by atoms with Crippen LogP contribution in [-0.2, 0) is 6.54 Å². The fraction of sp³-hybridized carbons (Fsp3) is 0.250. The van der Waals surface area contributed by atoms with Gasteiger partial charge in [-0.05, 0) is 65.6 Å². The Kier molecular flexibility index (Phi) is 6.02. The van der Waals surface area contributed by atoms with E-state index < -0.39 is 0 Å². The van der Waals surface area contributed by atoms with Crippen LogP contribution in [0.4, 0.5) is 11.4 Å². The Hall–Kier alpha value is -2.94. The van der Waals surface area contributed by atoms with Gasteiger partial charge in [-0.1, -0.05) is 38.1 Å². The van der Waals surface area contributed by atoms with Crippen molar-refractivity contribution in [3.63, 3.8) is 0 Å². The molecule has 0 saturated heterocycles. The number of nitrogens with zero attached hydrogens (tertiary/aromatic N) is 1. The Labute approximate surface area is 162 Å². The number of ether oxygens (including phenoxy) is 2. The van der Waals surface area contributed by atoms with Gasteiger partial charge in [0.15, 0.2) is 0 Å². The molecule has 0 fully saturated rings. The number of benzene rings is 3. The molecule has 0 spiro atoms. The van der Waals surface area contributed by atoms with Crippen molar-refractivity contribution in [1.29, 1.82) is 0 Å². The van der Waals surface area contributed by atoms with Crippen LogP contribution in [0.25, 0.3) is 0 Å². The maximum Gasteiger partial charge on any atom is 0.119 e. The van der Waals surface area contributed by atoms with Gasteiger partial charge < -0.3 is 14.4 Å². The molecular weight excluding hydrogens is 334 g/mol. The third-order valence-corrected chi connectivity index (χ3v) is 4.76. The van der Waals surface area contributed by atoms with E-state index in [4.69, 9.17) is 9.47 Å². The first-order valence-electron chi connectivity index (χ1n) is 9.25. The third-order valence-electron chi connectivity index (χ3n) is 4.76. The quantitative estimate of drug-likeness (QED) is 0.502. The van der Waals surface area contributed by atoms with Gasteiger partial charge in [-0.2, -0.15) is 0 Å².